The maximum Gasteiger partial charge on any atom is 0.281 e. The van der Waals surface area contributed by atoms with Gasteiger partial charge in [0.15, 0.2) is 0 Å². The Kier molecular flexibility index (Phi) is 4.07. The van der Waals surface area contributed by atoms with Crippen molar-refractivity contribution in [1.29, 1.82) is 0 Å². The lowest BCUT2D eigenvalue weighted by atomic mass is 9.92. The second kappa shape index (κ2) is 6.42. The van der Waals surface area contributed by atoms with Crippen LogP contribution >= 0.6 is 0 Å². The molecule has 1 fully saturated rings. The number of carbonyl (C=O) groups is 2. The third kappa shape index (κ3) is 2.71. The van der Waals surface area contributed by atoms with Crippen molar-refractivity contribution in [3.63, 3.8) is 0 Å². The van der Waals surface area contributed by atoms with E-state index in [1.54, 1.807) is 56.7 Å². The third-order valence-corrected chi connectivity index (χ3v) is 4.80. The van der Waals surface area contributed by atoms with Crippen molar-refractivity contribution in [3.05, 3.63) is 54.1 Å². The Morgan fingerprint density at radius 1 is 1.04 bits per heavy atom. The molecule has 2 heterocycles. The first-order chi connectivity index (χ1) is 13.1. The molecular formula is C20H18N2O5. The van der Waals surface area contributed by atoms with E-state index >= 15 is 0 Å². The quantitative estimate of drug-likeness (QED) is 0.777. The summed E-state index contributed by atoms with van der Waals surface area (Å²) < 4.78 is 10.6. The molecule has 1 saturated heterocycles. The normalized spacial score (nSPS) is 21.4. The highest BCUT2D eigenvalue weighted by molar-refractivity contribution is 6.26. The number of benzene rings is 2. The average Bonchev–Trinajstić information content (AvgIpc) is 3.23. The van der Waals surface area contributed by atoms with Crippen molar-refractivity contribution >= 4 is 23.2 Å². The van der Waals surface area contributed by atoms with Crippen LogP contribution in [0.5, 0.6) is 11.5 Å². The summed E-state index contributed by atoms with van der Waals surface area (Å²) in [5.41, 5.74) is 0.496. The fourth-order valence-electron chi connectivity index (χ4n) is 3.42. The fraction of sp³-hybridized carbons (Fsp3) is 0.250. The molecule has 7 nitrogen and oxygen atoms in total. The summed E-state index contributed by atoms with van der Waals surface area (Å²) >= 11 is 0. The van der Waals surface area contributed by atoms with Crippen LogP contribution in [0.25, 0.3) is 0 Å². The number of amides is 2. The number of ether oxygens (including phenoxy) is 2. The largest absolute Gasteiger partial charge is 0.497 e. The summed E-state index contributed by atoms with van der Waals surface area (Å²) in [5.74, 6) is 0.506. The topological polar surface area (TPSA) is 77.4 Å². The van der Waals surface area contributed by atoms with Crippen molar-refractivity contribution in [2.75, 3.05) is 19.1 Å². The highest BCUT2D eigenvalue weighted by Crippen LogP contribution is 2.40. The first kappa shape index (κ1) is 17.1. The van der Waals surface area contributed by atoms with Crippen molar-refractivity contribution in [2.24, 2.45) is 5.16 Å². The van der Waals surface area contributed by atoms with Crippen LogP contribution in [0.15, 0.2) is 53.7 Å². The number of anilines is 1. The van der Waals surface area contributed by atoms with Gasteiger partial charge in [-0.15, -0.1) is 0 Å². The number of hydrogen-bond acceptors (Lipinski definition) is 6. The lowest BCUT2D eigenvalue weighted by molar-refractivity contribution is -0.136. The van der Waals surface area contributed by atoms with E-state index in [0.717, 1.165) is 0 Å². The molecule has 2 aromatic rings. The zero-order valence-electron chi connectivity index (χ0n) is 15.0. The predicted octanol–water partition coefficient (Wildman–Crippen LogP) is 2.53. The zero-order chi connectivity index (χ0) is 19.0. The second-order valence-corrected chi connectivity index (χ2v) is 6.41. The Morgan fingerprint density at radius 2 is 1.81 bits per heavy atom. The second-order valence-electron chi connectivity index (χ2n) is 6.41. The Balaban J connectivity index is 1.62. The maximum absolute atomic E-state index is 13.0. The molecule has 2 aliphatic heterocycles. The highest BCUT2D eigenvalue weighted by atomic mass is 16.7. The smallest absolute Gasteiger partial charge is 0.281 e. The molecule has 0 bridgehead atoms. The van der Waals surface area contributed by atoms with Crippen LogP contribution < -0.4 is 14.4 Å². The summed E-state index contributed by atoms with van der Waals surface area (Å²) in [4.78, 5) is 32.3. The molecule has 7 heteroatoms. The van der Waals surface area contributed by atoms with Gasteiger partial charge in [0, 0.05) is 18.1 Å². The minimum Gasteiger partial charge on any atom is -0.497 e. The minimum atomic E-state index is -1.30. The number of imide groups is 1. The van der Waals surface area contributed by atoms with E-state index in [9.17, 15) is 9.59 Å². The van der Waals surface area contributed by atoms with Crippen molar-refractivity contribution < 1.29 is 23.9 Å². The van der Waals surface area contributed by atoms with Crippen LogP contribution in [0.2, 0.25) is 0 Å². The molecule has 138 valence electrons. The number of oxime groups is 1. The van der Waals surface area contributed by atoms with Gasteiger partial charge in [-0.2, -0.15) is 0 Å². The van der Waals surface area contributed by atoms with E-state index in [1.807, 2.05) is 6.07 Å². The SMILES string of the molecule is COc1ccc(C2=NO[C@]3(CC(=O)N(c4ccccc4)C3=O)C2)c(OC)c1. The standard InChI is InChI=1S/C20H18N2O5/c1-25-14-8-9-15(17(10-14)26-2)16-11-20(27-21-16)12-18(23)22(19(20)24)13-6-4-3-5-7-13/h3-10H,11-12H2,1-2H3/t20-/m0/s1. The Morgan fingerprint density at radius 3 is 2.52 bits per heavy atom. The van der Waals surface area contributed by atoms with Gasteiger partial charge < -0.3 is 14.3 Å². The van der Waals surface area contributed by atoms with Crippen LogP contribution in [-0.4, -0.2) is 37.3 Å². The van der Waals surface area contributed by atoms with Gasteiger partial charge in [0.05, 0.1) is 32.0 Å². The number of para-hydroxylation sites is 1. The van der Waals surface area contributed by atoms with Gasteiger partial charge in [-0.3, -0.25) is 9.59 Å². The first-order valence-electron chi connectivity index (χ1n) is 8.48. The van der Waals surface area contributed by atoms with Gasteiger partial charge in [-0.25, -0.2) is 4.90 Å². The number of methoxy groups -OCH3 is 2. The van der Waals surface area contributed by atoms with Gasteiger partial charge in [0.1, 0.15) is 11.5 Å². The van der Waals surface area contributed by atoms with Crippen molar-refractivity contribution in [3.8, 4) is 11.5 Å². The summed E-state index contributed by atoms with van der Waals surface area (Å²) in [5, 5.41) is 4.11. The number of carbonyl (C=O) groups excluding carboxylic acids is 2. The summed E-state index contributed by atoms with van der Waals surface area (Å²) in [6, 6.07) is 14.1. The monoisotopic (exact) mass is 366 g/mol. The van der Waals surface area contributed by atoms with Gasteiger partial charge in [-0.1, -0.05) is 23.4 Å². The van der Waals surface area contributed by atoms with Crippen LogP contribution in [-0.2, 0) is 14.4 Å². The summed E-state index contributed by atoms with van der Waals surface area (Å²) in [6.45, 7) is 0. The molecular weight excluding hydrogens is 348 g/mol. The molecule has 0 saturated carbocycles. The van der Waals surface area contributed by atoms with Gasteiger partial charge in [-0.05, 0) is 24.3 Å². The Labute approximate surface area is 156 Å². The molecule has 0 radical (unpaired) electrons. The first-order valence-corrected chi connectivity index (χ1v) is 8.48. The lowest BCUT2D eigenvalue weighted by Gasteiger charge is -2.19. The minimum absolute atomic E-state index is 0.0494. The van der Waals surface area contributed by atoms with Gasteiger partial charge >= 0.3 is 0 Å². The van der Waals surface area contributed by atoms with E-state index in [2.05, 4.69) is 5.16 Å². The van der Waals surface area contributed by atoms with Crippen molar-refractivity contribution in [2.45, 2.75) is 18.4 Å². The van der Waals surface area contributed by atoms with Crippen LogP contribution in [0.4, 0.5) is 5.69 Å². The van der Waals surface area contributed by atoms with E-state index in [4.69, 9.17) is 14.3 Å². The molecule has 4 rings (SSSR count). The number of hydrogen-bond donors (Lipinski definition) is 0. The number of rotatable bonds is 4. The molecule has 27 heavy (non-hydrogen) atoms. The Hall–Kier alpha value is -3.35. The van der Waals surface area contributed by atoms with E-state index in [0.29, 0.717) is 28.5 Å². The van der Waals surface area contributed by atoms with E-state index in [-0.39, 0.29) is 18.7 Å². The molecule has 0 unspecified atom stereocenters. The molecule has 0 aromatic heterocycles. The van der Waals surface area contributed by atoms with E-state index < -0.39 is 11.5 Å². The molecule has 0 aliphatic carbocycles. The molecule has 2 aliphatic rings. The molecule has 0 N–H and O–H groups in total. The summed E-state index contributed by atoms with van der Waals surface area (Å²) in [6.07, 6.45) is 0.149. The van der Waals surface area contributed by atoms with Gasteiger partial charge in [0.25, 0.3) is 5.91 Å². The summed E-state index contributed by atoms with van der Waals surface area (Å²) in [7, 11) is 3.12. The fourth-order valence-corrected chi connectivity index (χ4v) is 3.42. The highest BCUT2D eigenvalue weighted by Gasteiger charge is 2.58. The van der Waals surface area contributed by atoms with Gasteiger partial charge in [0.2, 0.25) is 11.5 Å². The van der Waals surface area contributed by atoms with Crippen LogP contribution in [0.3, 0.4) is 0 Å². The predicted molar refractivity (Wildman–Crippen MR) is 98.1 cm³/mol. The Bertz CT molecular complexity index is 941. The molecule has 1 atom stereocenters. The molecule has 1 spiro atoms. The lowest BCUT2D eigenvalue weighted by Crippen LogP contribution is -2.40. The molecule has 2 amide bonds. The zero-order valence-corrected chi connectivity index (χ0v) is 15.0. The third-order valence-electron chi connectivity index (χ3n) is 4.80. The maximum atomic E-state index is 13.0. The molecule has 2 aromatic carbocycles. The number of nitrogens with zero attached hydrogens (tertiary/aromatic N) is 2. The average molecular weight is 366 g/mol. The van der Waals surface area contributed by atoms with E-state index in [1.165, 1.54) is 4.90 Å². The van der Waals surface area contributed by atoms with Crippen LogP contribution in [0.1, 0.15) is 18.4 Å². The van der Waals surface area contributed by atoms with Crippen LogP contribution in [0, 0.1) is 0 Å². The van der Waals surface area contributed by atoms with Crippen molar-refractivity contribution in [1.82, 2.24) is 0 Å².